The number of unbranched alkanes of at least 4 members (excludes halogenated alkanes) is 2. The van der Waals surface area contributed by atoms with Gasteiger partial charge in [-0.15, -0.1) is 0 Å². The highest BCUT2D eigenvalue weighted by molar-refractivity contribution is 5.95. The van der Waals surface area contributed by atoms with Crippen molar-refractivity contribution in [2.75, 3.05) is 20.8 Å². The highest BCUT2D eigenvalue weighted by atomic mass is 16.6. The van der Waals surface area contributed by atoms with E-state index in [1.54, 1.807) is 42.5 Å². The zero-order valence-electron chi connectivity index (χ0n) is 22.6. The minimum atomic E-state index is -0.645. The number of nitrogens with one attached hydrogen (secondary N) is 2. The van der Waals surface area contributed by atoms with Crippen LogP contribution in [0.15, 0.2) is 71.8 Å². The topological polar surface area (TPSA) is 158 Å². The molecule has 3 aromatic rings. The Morgan fingerprint density at radius 1 is 0.878 bits per heavy atom. The van der Waals surface area contributed by atoms with E-state index >= 15 is 0 Å². The van der Waals surface area contributed by atoms with Crippen molar-refractivity contribution in [2.24, 2.45) is 5.10 Å². The molecule has 0 atom stereocenters. The number of ether oxygens (including phenoxy) is 3. The third-order valence-corrected chi connectivity index (χ3v) is 5.82. The average Bonchev–Trinajstić information content (AvgIpc) is 2.99. The standard InChI is InChI=1S/C29H30N4O8/c1-39-25-16-11-22(18-26(25)40-2)28(35)30-17-5-3-4-6-27(34)32-31-19-20-7-14-24(15-8-20)41-29(36)21-9-12-23(13-10-21)33(37)38/h7-16,18-19H,3-6,17H2,1-2H3,(H,30,35)(H,32,34)/b31-19+. The average molecular weight is 563 g/mol. The van der Waals surface area contributed by atoms with Crippen molar-refractivity contribution in [1.29, 1.82) is 0 Å². The molecule has 0 aliphatic heterocycles. The Morgan fingerprint density at radius 2 is 1.56 bits per heavy atom. The molecular weight excluding hydrogens is 532 g/mol. The molecule has 0 fully saturated rings. The molecule has 0 aliphatic rings. The number of nitro groups is 1. The van der Waals surface area contributed by atoms with Gasteiger partial charge in [0.1, 0.15) is 5.75 Å². The first kappa shape index (κ1) is 30.3. The Morgan fingerprint density at radius 3 is 2.22 bits per heavy atom. The zero-order chi connectivity index (χ0) is 29.6. The SMILES string of the molecule is COc1ccc(C(=O)NCCCCCC(=O)N/N=C/c2ccc(OC(=O)c3ccc([N+](=O)[O-])cc3)cc2)cc1OC. The molecule has 12 heteroatoms. The lowest BCUT2D eigenvalue weighted by Gasteiger charge is -2.10. The molecule has 12 nitrogen and oxygen atoms in total. The maximum Gasteiger partial charge on any atom is 0.343 e. The van der Waals surface area contributed by atoms with Crippen molar-refractivity contribution >= 4 is 29.7 Å². The fourth-order valence-corrected chi connectivity index (χ4v) is 3.61. The van der Waals surface area contributed by atoms with E-state index < -0.39 is 10.9 Å². The Bertz CT molecular complexity index is 1390. The number of hydrogen-bond acceptors (Lipinski definition) is 9. The van der Waals surface area contributed by atoms with Crippen LogP contribution in [0.4, 0.5) is 5.69 Å². The molecule has 41 heavy (non-hydrogen) atoms. The van der Waals surface area contributed by atoms with Crippen LogP contribution in [0.25, 0.3) is 0 Å². The fraction of sp³-hybridized carbons (Fsp3) is 0.241. The number of nitrogens with zero attached hydrogens (tertiary/aromatic N) is 2. The van der Waals surface area contributed by atoms with E-state index in [2.05, 4.69) is 15.8 Å². The monoisotopic (exact) mass is 562 g/mol. The molecule has 3 aromatic carbocycles. The maximum absolute atomic E-state index is 12.3. The summed E-state index contributed by atoms with van der Waals surface area (Å²) < 4.78 is 15.7. The number of carbonyl (C=O) groups is 3. The Kier molecular flexibility index (Phi) is 11.3. The largest absolute Gasteiger partial charge is 0.493 e. The Labute approximate surface area is 236 Å². The summed E-state index contributed by atoms with van der Waals surface area (Å²) in [7, 11) is 3.04. The summed E-state index contributed by atoms with van der Waals surface area (Å²) in [5, 5.41) is 17.5. The van der Waals surface area contributed by atoms with Gasteiger partial charge in [-0.25, -0.2) is 10.2 Å². The van der Waals surface area contributed by atoms with Crippen molar-refractivity contribution in [3.8, 4) is 17.2 Å². The number of benzene rings is 3. The molecule has 3 rings (SSSR count). The van der Waals surface area contributed by atoms with Crippen molar-refractivity contribution in [3.05, 3.63) is 93.5 Å². The minimum Gasteiger partial charge on any atom is -0.493 e. The third kappa shape index (κ3) is 9.46. The van der Waals surface area contributed by atoms with E-state index in [-0.39, 0.29) is 28.8 Å². The number of hydrogen-bond donors (Lipinski definition) is 2. The Hall–Kier alpha value is -5.26. The molecule has 0 saturated heterocycles. The molecular formula is C29H30N4O8. The molecule has 0 aromatic heterocycles. The van der Waals surface area contributed by atoms with Crippen LogP contribution < -0.4 is 25.0 Å². The van der Waals surface area contributed by atoms with Crippen molar-refractivity contribution in [1.82, 2.24) is 10.7 Å². The van der Waals surface area contributed by atoms with Crippen LogP contribution in [-0.2, 0) is 4.79 Å². The van der Waals surface area contributed by atoms with Crippen molar-refractivity contribution < 1.29 is 33.5 Å². The molecule has 0 heterocycles. The Balaban J connectivity index is 1.31. The number of non-ortho nitro benzene ring substituents is 1. The molecule has 214 valence electrons. The number of carbonyl (C=O) groups excluding carboxylic acids is 3. The van der Waals surface area contributed by atoms with Gasteiger partial charge in [0.05, 0.1) is 30.9 Å². The maximum atomic E-state index is 12.3. The predicted octanol–water partition coefficient (Wildman–Crippen LogP) is 4.27. The van der Waals surface area contributed by atoms with Gasteiger partial charge in [-0.3, -0.25) is 19.7 Å². The summed E-state index contributed by atoms with van der Waals surface area (Å²) in [6.45, 7) is 0.478. The predicted molar refractivity (Wildman–Crippen MR) is 151 cm³/mol. The first-order valence-electron chi connectivity index (χ1n) is 12.7. The molecule has 0 radical (unpaired) electrons. The molecule has 0 unspecified atom stereocenters. The van der Waals surface area contributed by atoms with Crippen LogP contribution in [0.1, 0.15) is 52.0 Å². The second-order valence-corrected chi connectivity index (χ2v) is 8.69. The van der Waals surface area contributed by atoms with Gasteiger partial charge in [0.2, 0.25) is 5.91 Å². The van der Waals surface area contributed by atoms with E-state index in [1.165, 1.54) is 44.7 Å². The highest BCUT2D eigenvalue weighted by Crippen LogP contribution is 2.27. The van der Waals surface area contributed by atoms with Gasteiger partial charge in [-0.2, -0.15) is 5.10 Å². The number of amides is 2. The van der Waals surface area contributed by atoms with Gasteiger partial charge in [0, 0.05) is 30.7 Å². The number of hydrazone groups is 1. The molecule has 0 bridgehead atoms. The number of esters is 1. The fourth-order valence-electron chi connectivity index (χ4n) is 3.61. The quantitative estimate of drug-likeness (QED) is 0.0736. The summed E-state index contributed by atoms with van der Waals surface area (Å²) in [5.41, 5.74) is 3.67. The minimum absolute atomic E-state index is 0.120. The van der Waals surface area contributed by atoms with Crippen LogP contribution in [0.5, 0.6) is 17.2 Å². The van der Waals surface area contributed by atoms with E-state index in [0.717, 1.165) is 12.8 Å². The first-order chi connectivity index (χ1) is 19.8. The van der Waals surface area contributed by atoms with Gasteiger partial charge in [-0.05, 0) is 73.0 Å². The van der Waals surface area contributed by atoms with Crippen LogP contribution in [0, 0.1) is 10.1 Å². The van der Waals surface area contributed by atoms with Gasteiger partial charge in [0.25, 0.3) is 11.6 Å². The second kappa shape index (κ2) is 15.4. The summed E-state index contributed by atoms with van der Waals surface area (Å²) in [6, 6.07) is 16.5. The lowest BCUT2D eigenvalue weighted by Crippen LogP contribution is -2.24. The van der Waals surface area contributed by atoms with E-state index in [0.29, 0.717) is 42.0 Å². The van der Waals surface area contributed by atoms with E-state index in [9.17, 15) is 24.5 Å². The zero-order valence-corrected chi connectivity index (χ0v) is 22.6. The number of rotatable bonds is 14. The third-order valence-electron chi connectivity index (χ3n) is 5.82. The molecule has 2 amide bonds. The van der Waals surface area contributed by atoms with Crippen molar-refractivity contribution in [3.63, 3.8) is 0 Å². The number of nitro benzene ring substituents is 1. The van der Waals surface area contributed by atoms with Gasteiger partial charge < -0.3 is 19.5 Å². The van der Waals surface area contributed by atoms with Gasteiger partial charge in [-0.1, -0.05) is 6.42 Å². The first-order valence-corrected chi connectivity index (χ1v) is 12.7. The van der Waals surface area contributed by atoms with Crippen molar-refractivity contribution in [2.45, 2.75) is 25.7 Å². The molecule has 0 aliphatic carbocycles. The summed E-state index contributed by atoms with van der Waals surface area (Å²) in [4.78, 5) is 46.7. The van der Waals surface area contributed by atoms with Crippen LogP contribution in [0.2, 0.25) is 0 Å². The molecule has 0 spiro atoms. The highest BCUT2D eigenvalue weighted by Gasteiger charge is 2.12. The lowest BCUT2D eigenvalue weighted by molar-refractivity contribution is -0.384. The van der Waals surface area contributed by atoms with Crippen LogP contribution in [-0.4, -0.2) is 49.7 Å². The summed E-state index contributed by atoms with van der Waals surface area (Å²) in [6.07, 6.45) is 3.87. The van der Waals surface area contributed by atoms with Gasteiger partial charge >= 0.3 is 5.97 Å². The van der Waals surface area contributed by atoms with Crippen LogP contribution in [0.3, 0.4) is 0 Å². The van der Waals surface area contributed by atoms with E-state index in [1.807, 2.05) is 0 Å². The normalized spacial score (nSPS) is 10.6. The van der Waals surface area contributed by atoms with Crippen LogP contribution >= 0.6 is 0 Å². The molecule has 2 N–H and O–H groups in total. The molecule has 0 saturated carbocycles. The van der Waals surface area contributed by atoms with Gasteiger partial charge in [0.15, 0.2) is 11.5 Å². The van der Waals surface area contributed by atoms with E-state index in [4.69, 9.17) is 14.2 Å². The lowest BCUT2D eigenvalue weighted by atomic mass is 10.1. The second-order valence-electron chi connectivity index (χ2n) is 8.69. The smallest absolute Gasteiger partial charge is 0.343 e. The summed E-state index contributed by atoms with van der Waals surface area (Å²) >= 11 is 0. The summed E-state index contributed by atoms with van der Waals surface area (Å²) in [5.74, 6) is 0.222. The number of methoxy groups -OCH3 is 2.